The number of hydrogen-bond acceptors (Lipinski definition) is 3. The Labute approximate surface area is 99.1 Å². The fraction of sp³-hybridized carbons (Fsp3) is 0.364. The molecule has 1 N–H and O–H groups in total. The van der Waals surface area contributed by atoms with Crippen molar-refractivity contribution in [3.63, 3.8) is 0 Å². The summed E-state index contributed by atoms with van der Waals surface area (Å²) >= 11 is 7.67. The van der Waals surface area contributed by atoms with Crippen LogP contribution >= 0.6 is 23.4 Å². The number of hydrogen-bond donors (Lipinski definition) is 1. The summed E-state index contributed by atoms with van der Waals surface area (Å²) in [7, 11) is 0. The summed E-state index contributed by atoms with van der Waals surface area (Å²) in [6.07, 6.45) is 1.10. The molecule has 2 nitrogen and oxygen atoms in total. The minimum Gasteiger partial charge on any atom is -0.335 e. The number of anilines is 1. The van der Waals surface area contributed by atoms with Crippen LogP contribution in [0.3, 0.4) is 0 Å². The first-order valence-corrected chi connectivity index (χ1v) is 6.37. The van der Waals surface area contributed by atoms with Gasteiger partial charge in [-0.3, -0.25) is 4.99 Å². The molecule has 0 saturated carbocycles. The van der Waals surface area contributed by atoms with E-state index in [-0.39, 0.29) is 0 Å². The van der Waals surface area contributed by atoms with Crippen molar-refractivity contribution >= 4 is 34.2 Å². The van der Waals surface area contributed by atoms with Gasteiger partial charge >= 0.3 is 0 Å². The van der Waals surface area contributed by atoms with Crippen molar-refractivity contribution in [3.8, 4) is 0 Å². The van der Waals surface area contributed by atoms with Gasteiger partial charge in [-0.15, -0.1) is 0 Å². The average Bonchev–Trinajstić information content (AvgIpc) is 2.65. The van der Waals surface area contributed by atoms with E-state index in [0.717, 1.165) is 28.1 Å². The minimum atomic E-state index is 0.469. The number of amidine groups is 1. The van der Waals surface area contributed by atoms with E-state index in [1.54, 1.807) is 11.8 Å². The molecule has 1 atom stereocenters. The molecule has 0 fully saturated rings. The first-order chi connectivity index (χ1) is 7.28. The van der Waals surface area contributed by atoms with E-state index in [1.165, 1.54) is 0 Å². The normalized spacial score (nSPS) is 20.1. The molecule has 0 saturated heterocycles. The molecule has 1 aliphatic heterocycles. The zero-order valence-electron chi connectivity index (χ0n) is 8.53. The molecule has 0 bridgehead atoms. The number of benzene rings is 1. The Bertz CT molecular complexity index is 379. The number of rotatable bonds is 2. The van der Waals surface area contributed by atoms with Crippen molar-refractivity contribution < 1.29 is 0 Å². The summed E-state index contributed by atoms with van der Waals surface area (Å²) in [5, 5.41) is 5.02. The molecule has 15 heavy (non-hydrogen) atoms. The van der Waals surface area contributed by atoms with Gasteiger partial charge in [-0.1, -0.05) is 36.4 Å². The van der Waals surface area contributed by atoms with Crippen LogP contribution < -0.4 is 5.32 Å². The Morgan fingerprint density at radius 3 is 3.13 bits per heavy atom. The van der Waals surface area contributed by atoms with Gasteiger partial charge in [-0.05, 0) is 24.6 Å². The van der Waals surface area contributed by atoms with E-state index >= 15 is 0 Å². The zero-order chi connectivity index (χ0) is 10.7. The lowest BCUT2D eigenvalue weighted by atomic mass is 10.3. The Kier molecular flexibility index (Phi) is 3.54. The maximum atomic E-state index is 5.90. The molecule has 1 aromatic rings. The maximum Gasteiger partial charge on any atom is 0.161 e. The van der Waals surface area contributed by atoms with E-state index in [4.69, 9.17) is 11.6 Å². The minimum absolute atomic E-state index is 0.469. The van der Waals surface area contributed by atoms with Crippen LogP contribution in [0.1, 0.15) is 13.3 Å². The van der Waals surface area contributed by atoms with Crippen molar-refractivity contribution in [2.45, 2.75) is 19.4 Å². The van der Waals surface area contributed by atoms with Gasteiger partial charge in [0.1, 0.15) is 0 Å². The van der Waals surface area contributed by atoms with Crippen LogP contribution in [-0.2, 0) is 0 Å². The SMILES string of the molecule is CC[C@H]1CSC(Nc2cccc(Cl)c2)=N1. The molecule has 1 aliphatic rings. The first kappa shape index (κ1) is 10.8. The highest BCUT2D eigenvalue weighted by atomic mass is 35.5. The van der Waals surface area contributed by atoms with Gasteiger partial charge in [-0.2, -0.15) is 0 Å². The van der Waals surface area contributed by atoms with Crippen molar-refractivity contribution in [3.05, 3.63) is 29.3 Å². The third kappa shape index (κ3) is 2.89. The lowest BCUT2D eigenvalue weighted by Gasteiger charge is -2.04. The smallest absolute Gasteiger partial charge is 0.161 e. The highest BCUT2D eigenvalue weighted by molar-refractivity contribution is 8.14. The molecular formula is C11H13ClN2S. The summed E-state index contributed by atoms with van der Waals surface area (Å²) in [6, 6.07) is 8.17. The van der Waals surface area contributed by atoms with Crippen molar-refractivity contribution in [1.82, 2.24) is 0 Å². The molecule has 0 aromatic heterocycles. The number of aliphatic imine (C=N–C) groups is 1. The van der Waals surface area contributed by atoms with Gasteiger partial charge in [0.15, 0.2) is 5.17 Å². The largest absolute Gasteiger partial charge is 0.335 e. The van der Waals surface area contributed by atoms with Crippen LogP contribution in [0.15, 0.2) is 29.3 Å². The Morgan fingerprint density at radius 2 is 2.47 bits per heavy atom. The second-order valence-electron chi connectivity index (χ2n) is 3.44. The van der Waals surface area contributed by atoms with Crippen LogP contribution in [0.5, 0.6) is 0 Å². The molecular weight excluding hydrogens is 228 g/mol. The number of thioether (sulfide) groups is 1. The fourth-order valence-electron chi connectivity index (χ4n) is 1.38. The van der Waals surface area contributed by atoms with Gasteiger partial charge in [0, 0.05) is 16.5 Å². The highest BCUT2D eigenvalue weighted by Gasteiger charge is 2.16. The van der Waals surface area contributed by atoms with Gasteiger partial charge in [0.05, 0.1) is 6.04 Å². The lowest BCUT2D eigenvalue weighted by Crippen LogP contribution is -2.05. The Hall–Kier alpha value is -0.670. The molecule has 4 heteroatoms. The average molecular weight is 241 g/mol. The van der Waals surface area contributed by atoms with Gasteiger partial charge in [0.2, 0.25) is 0 Å². The molecule has 0 radical (unpaired) electrons. The third-order valence-electron chi connectivity index (χ3n) is 2.26. The molecule has 2 rings (SSSR count). The van der Waals surface area contributed by atoms with Crippen LogP contribution in [0.4, 0.5) is 5.69 Å². The Morgan fingerprint density at radius 1 is 1.60 bits per heavy atom. The maximum absolute atomic E-state index is 5.90. The van der Waals surface area contributed by atoms with Gasteiger partial charge in [0.25, 0.3) is 0 Å². The second-order valence-corrected chi connectivity index (χ2v) is 4.89. The zero-order valence-corrected chi connectivity index (χ0v) is 10.1. The topological polar surface area (TPSA) is 24.4 Å². The lowest BCUT2D eigenvalue weighted by molar-refractivity contribution is 0.738. The monoisotopic (exact) mass is 240 g/mol. The molecule has 1 aromatic carbocycles. The third-order valence-corrected chi connectivity index (χ3v) is 3.53. The quantitative estimate of drug-likeness (QED) is 0.854. The molecule has 0 spiro atoms. The standard InChI is InChI=1S/C11H13ClN2S/c1-2-9-7-15-11(13-9)14-10-5-3-4-8(12)6-10/h3-6,9H,2,7H2,1H3,(H,13,14)/t9-/m0/s1. The predicted molar refractivity (Wildman–Crippen MR) is 69.0 cm³/mol. The summed E-state index contributed by atoms with van der Waals surface area (Å²) in [6.45, 7) is 2.16. The van der Waals surface area contributed by atoms with E-state index in [2.05, 4.69) is 17.2 Å². The second kappa shape index (κ2) is 4.90. The summed E-state index contributed by atoms with van der Waals surface area (Å²) < 4.78 is 0. The number of nitrogens with one attached hydrogen (secondary N) is 1. The predicted octanol–water partition coefficient (Wildman–Crippen LogP) is 3.63. The summed E-state index contributed by atoms with van der Waals surface area (Å²) in [5.74, 6) is 1.08. The first-order valence-electron chi connectivity index (χ1n) is 5.01. The fourth-order valence-corrected chi connectivity index (χ4v) is 2.65. The molecule has 0 aliphatic carbocycles. The van der Waals surface area contributed by atoms with E-state index < -0.39 is 0 Å². The molecule has 0 unspecified atom stereocenters. The van der Waals surface area contributed by atoms with E-state index in [9.17, 15) is 0 Å². The van der Waals surface area contributed by atoms with E-state index in [1.807, 2.05) is 24.3 Å². The highest BCUT2D eigenvalue weighted by Crippen LogP contribution is 2.23. The summed E-state index contributed by atoms with van der Waals surface area (Å²) in [5.41, 5.74) is 1.01. The van der Waals surface area contributed by atoms with Gasteiger partial charge in [-0.25, -0.2) is 0 Å². The van der Waals surface area contributed by atoms with Crippen LogP contribution in [0, 0.1) is 0 Å². The van der Waals surface area contributed by atoms with Crippen LogP contribution in [-0.4, -0.2) is 17.0 Å². The molecule has 80 valence electrons. The van der Waals surface area contributed by atoms with Crippen LogP contribution in [0.2, 0.25) is 5.02 Å². The number of halogens is 1. The van der Waals surface area contributed by atoms with E-state index in [0.29, 0.717) is 6.04 Å². The van der Waals surface area contributed by atoms with Gasteiger partial charge < -0.3 is 5.32 Å². The van der Waals surface area contributed by atoms with Crippen molar-refractivity contribution in [1.29, 1.82) is 0 Å². The Balaban J connectivity index is 2.03. The van der Waals surface area contributed by atoms with Crippen molar-refractivity contribution in [2.75, 3.05) is 11.1 Å². The molecule has 0 amide bonds. The molecule has 1 heterocycles. The van der Waals surface area contributed by atoms with Crippen molar-refractivity contribution in [2.24, 2.45) is 4.99 Å². The van der Waals surface area contributed by atoms with Crippen LogP contribution in [0.25, 0.3) is 0 Å². The summed E-state index contributed by atoms with van der Waals surface area (Å²) in [4.78, 5) is 4.56. The number of nitrogens with zero attached hydrogens (tertiary/aromatic N) is 1.